The molecule has 0 aliphatic carbocycles. The Hall–Kier alpha value is -3.15. The molecule has 3 amide bonds. The highest BCUT2D eigenvalue weighted by Crippen LogP contribution is 2.32. The van der Waals surface area contributed by atoms with E-state index in [2.05, 4.69) is 16.0 Å². The van der Waals surface area contributed by atoms with E-state index in [0.717, 1.165) is 5.56 Å². The van der Waals surface area contributed by atoms with Gasteiger partial charge in [0.1, 0.15) is 0 Å². The number of hydrogen-bond acceptors (Lipinski definition) is 3. The minimum Gasteiger partial charge on any atom is -0.355 e. The molecule has 0 saturated carbocycles. The van der Waals surface area contributed by atoms with E-state index >= 15 is 0 Å². The predicted molar refractivity (Wildman–Crippen MR) is 90.9 cm³/mol. The first-order valence-corrected chi connectivity index (χ1v) is 7.60. The molecular formula is C18H17N3O3. The summed E-state index contributed by atoms with van der Waals surface area (Å²) in [7, 11) is 1.56. The number of anilines is 2. The van der Waals surface area contributed by atoms with Crippen molar-refractivity contribution in [3.8, 4) is 0 Å². The van der Waals surface area contributed by atoms with E-state index in [-0.39, 0.29) is 24.1 Å². The summed E-state index contributed by atoms with van der Waals surface area (Å²) in [5.74, 6) is -1.15. The number of benzene rings is 2. The molecule has 122 valence electrons. The Morgan fingerprint density at radius 2 is 1.79 bits per heavy atom. The second-order valence-corrected chi connectivity index (χ2v) is 5.54. The van der Waals surface area contributed by atoms with Crippen molar-refractivity contribution in [2.45, 2.75) is 12.3 Å². The summed E-state index contributed by atoms with van der Waals surface area (Å²) in [5.41, 5.74) is 2.56. The van der Waals surface area contributed by atoms with Gasteiger partial charge in [-0.15, -0.1) is 0 Å². The molecule has 24 heavy (non-hydrogen) atoms. The maximum Gasteiger partial charge on any atom is 0.251 e. The Labute approximate surface area is 139 Å². The molecule has 1 aliphatic heterocycles. The summed E-state index contributed by atoms with van der Waals surface area (Å²) in [5, 5.41) is 8.12. The smallest absolute Gasteiger partial charge is 0.251 e. The van der Waals surface area contributed by atoms with Gasteiger partial charge < -0.3 is 16.0 Å². The van der Waals surface area contributed by atoms with Gasteiger partial charge in [-0.2, -0.15) is 0 Å². The van der Waals surface area contributed by atoms with E-state index in [0.29, 0.717) is 16.9 Å². The van der Waals surface area contributed by atoms with E-state index in [1.807, 2.05) is 18.2 Å². The third kappa shape index (κ3) is 3.12. The monoisotopic (exact) mass is 323 g/mol. The summed E-state index contributed by atoms with van der Waals surface area (Å²) < 4.78 is 0. The molecule has 0 radical (unpaired) electrons. The quantitative estimate of drug-likeness (QED) is 0.808. The minimum atomic E-state index is -0.534. The number of nitrogens with one attached hydrogen (secondary N) is 3. The number of carbonyl (C=O) groups excluding carboxylic acids is 3. The van der Waals surface area contributed by atoms with Crippen molar-refractivity contribution in [2.75, 3.05) is 17.7 Å². The van der Waals surface area contributed by atoms with Crippen LogP contribution in [-0.4, -0.2) is 24.8 Å². The molecule has 1 aliphatic rings. The van der Waals surface area contributed by atoms with Gasteiger partial charge in [-0.3, -0.25) is 14.4 Å². The summed E-state index contributed by atoms with van der Waals surface area (Å²) >= 11 is 0. The van der Waals surface area contributed by atoms with Crippen LogP contribution in [0.15, 0.2) is 48.5 Å². The SMILES string of the molecule is CNC(=O)c1ccc(NC(=O)C2CC(=O)Nc3ccccc32)cc1. The molecule has 2 aromatic carbocycles. The molecule has 3 N–H and O–H groups in total. The fourth-order valence-corrected chi connectivity index (χ4v) is 2.72. The first-order chi connectivity index (χ1) is 11.6. The first-order valence-electron chi connectivity index (χ1n) is 7.60. The zero-order valence-corrected chi connectivity index (χ0v) is 13.1. The van der Waals surface area contributed by atoms with Crippen molar-refractivity contribution in [3.63, 3.8) is 0 Å². The second-order valence-electron chi connectivity index (χ2n) is 5.54. The van der Waals surface area contributed by atoms with Crippen LogP contribution in [0.5, 0.6) is 0 Å². The predicted octanol–water partition coefficient (Wildman–Crippen LogP) is 2.11. The van der Waals surface area contributed by atoms with E-state index in [1.165, 1.54) is 0 Å². The van der Waals surface area contributed by atoms with Crippen LogP contribution in [0.25, 0.3) is 0 Å². The van der Waals surface area contributed by atoms with E-state index in [1.54, 1.807) is 37.4 Å². The van der Waals surface area contributed by atoms with Gasteiger partial charge in [-0.05, 0) is 35.9 Å². The lowest BCUT2D eigenvalue weighted by Crippen LogP contribution is -2.30. The third-order valence-corrected chi connectivity index (χ3v) is 3.96. The average molecular weight is 323 g/mol. The molecule has 6 heteroatoms. The van der Waals surface area contributed by atoms with Crippen LogP contribution >= 0.6 is 0 Å². The molecule has 0 bridgehead atoms. The second kappa shape index (κ2) is 6.54. The highest BCUT2D eigenvalue weighted by Gasteiger charge is 2.30. The lowest BCUT2D eigenvalue weighted by molar-refractivity contribution is -0.123. The Morgan fingerprint density at radius 1 is 1.08 bits per heavy atom. The van der Waals surface area contributed by atoms with Crippen LogP contribution in [0.4, 0.5) is 11.4 Å². The molecule has 0 fully saturated rings. The van der Waals surface area contributed by atoms with Crippen LogP contribution in [0, 0.1) is 0 Å². The van der Waals surface area contributed by atoms with Gasteiger partial charge in [-0.1, -0.05) is 18.2 Å². The molecule has 2 aromatic rings. The van der Waals surface area contributed by atoms with Gasteiger partial charge >= 0.3 is 0 Å². The van der Waals surface area contributed by atoms with Crippen molar-refractivity contribution in [1.82, 2.24) is 5.32 Å². The lowest BCUT2D eigenvalue weighted by atomic mass is 9.90. The van der Waals surface area contributed by atoms with Crippen LogP contribution in [-0.2, 0) is 9.59 Å². The van der Waals surface area contributed by atoms with Crippen molar-refractivity contribution in [3.05, 3.63) is 59.7 Å². The van der Waals surface area contributed by atoms with Gasteiger partial charge in [0.2, 0.25) is 11.8 Å². The van der Waals surface area contributed by atoms with Crippen LogP contribution in [0.2, 0.25) is 0 Å². The van der Waals surface area contributed by atoms with Gasteiger partial charge in [0.15, 0.2) is 0 Å². The Balaban J connectivity index is 1.78. The number of fused-ring (bicyclic) bond motifs is 1. The maximum absolute atomic E-state index is 12.6. The highest BCUT2D eigenvalue weighted by atomic mass is 16.2. The Morgan fingerprint density at radius 3 is 2.50 bits per heavy atom. The average Bonchev–Trinajstić information content (AvgIpc) is 2.60. The van der Waals surface area contributed by atoms with Gasteiger partial charge in [-0.25, -0.2) is 0 Å². The maximum atomic E-state index is 12.6. The van der Waals surface area contributed by atoms with Crippen molar-refractivity contribution >= 4 is 29.1 Å². The summed E-state index contributed by atoms with van der Waals surface area (Å²) in [6.45, 7) is 0. The molecule has 0 saturated heterocycles. The zero-order valence-electron chi connectivity index (χ0n) is 13.1. The summed E-state index contributed by atoms with van der Waals surface area (Å²) in [6, 6.07) is 13.9. The van der Waals surface area contributed by atoms with Gasteiger partial charge in [0.25, 0.3) is 5.91 Å². The Bertz CT molecular complexity index is 799. The summed E-state index contributed by atoms with van der Waals surface area (Å²) in [4.78, 5) is 35.9. The van der Waals surface area contributed by atoms with E-state index in [4.69, 9.17) is 0 Å². The number of carbonyl (C=O) groups is 3. The zero-order chi connectivity index (χ0) is 17.1. The normalized spacial score (nSPS) is 15.9. The van der Waals surface area contributed by atoms with Crippen LogP contribution in [0.1, 0.15) is 28.3 Å². The molecule has 1 unspecified atom stereocenters. The largest absolute Gasteiger partial charge is 0.355 e. The van der Waals surface area contributed by atoms with Gasteiger partial charge in [0.05, 0.1) is 5.92 Å². The third-order valence-electron chi connectivity index (χ3n) is 3.96. The number of para-hydroxylation sites is 1. The van der Waals surface area contributed by atoms with Crippen LogP contribution in [0.3, 0.4) is 0 Å². The van der Waals surface area contributed by atoms with Gasteiger partial charge in [0, 0.05) is 30.4 Å². The standard InChI is InChI=1S/C18H17N3O3/c1-19-17(23)11-6-8-12(9-7-11)20-18(24)14-10-16(22)21-15-5-3-2-4-13(14)15/h2-9,14H,10H2,1H3,(H,19,23)(H,20,24)(H,21,22). The Kier molecular flexibility index (Phi) is 4.29. The number of hydrogen-bond donors (Lipinski definition) is 3. The topological polar surface area (TPSA) is 87.3 Å². The van der Waals surface area contributed by atoms with E-state index < -0.39 is 5.92 Å². The summed E-state index contributed by atoms with van der Waals surface area (Å²) in [6.07, 6.45) is 0.110. The van der Waals surface area contributed by atoms with Crippen molar-refractivity contribution < 1.29 is 14.4 Å². The number of rotatable bonds is 3. The van der Waals surface area contributed by atoms with Crippen molar-refractivity contribution in [1.29, 1.82) is 0 Å². The molecule has 1 heterocycles. The van der Waals surface area contributed by atoms with Crippen molar-refractivity contribution in [2.24, 2.45) is 0 Å². The molecular weight excluding hydrogens is 306 g/mol. The molecule has 6 nitrogen and oxygen atoms in total. The molecule has 3 rings (SSSR count). The molecule has 0 aromatic heterocycles. The van der Waals surface area contributed by atoms with E-state index in [9.17, 15) is 14.4 Å². The lowest BCUT2D eigenvalue weighted by Gasteiger charge is -2.24. The highest BCUT2D eigenvalue weighted by molar-refractivity contribution is 6.05. The fourth-order valence-electron chi connectivity index (χ4n) is 2.72. The molecule has 0 spiro atoms. The molecule has 1 atom stereocenters. The van der Waals surface area contributed by atoms with Crippen LogP contribution < -0.4 is 16.0 Å². The first kappa shape index (κ1) is 15.7. The number of amides is 3. The minimum absolute atomic E-state index is 0.110. The fraction of sp³-hybridized carbons (Fsp3) is 0.167.